The van der Waals surface area contributed by atoms with Gasteiger partial charge in [-0.1, -0.05) is 29.8 Å². The van der Waals surface area contributed by atoms with Gasteiger partial charge in [-0.25, -0.2) is 8.42 Å². The number of carboxylic acids is 1. The average molecular weight is 346 g/mol. The van der Waals surface area contributed by atoms with Crippen molar-refractivity contribution in [3.63, 3.8) is 0 Å². The smallest absolute Gasteiger partial charge is 0.308 e. The molecule has 0 heterocycles. The SMILES string of the molecule is COc1ccc([C@@H]2[C@@H](C(=O)O)[C@H]2S(=O)(=O)c2ccc(C)cc2)cc1. The summed E-state index contributed by atoms with van der Waals surface area (Å²) >= 11 is 0. The zero-order valence-electron chi connectivity index (χ0n) is 13.3. The molecular weight excluding hydrogens is 328 g/mol. The van der Waals surface area contributed by atoms with E-state index in [2.05, 4.69) is 0 Å². The van der Waals surface area contributed by atoms with Gasteiger partial charge in [-0.3, -0.25) is 4.79 Å². The van der Waals surface area contributed by atoms with E-state index < -0.39 is 32.9 Å². The predicted octanol–water partition coefficient (Wildman–Crippen LogP) is 2.64. The summed E-state index contributed by atoms with van der Waals surface area (Å²) in [5.41, 5.74) is 1.65. The molecule has 2 aromatic carbocycles. The van der Waals surface area contributed by atoms with Gasteiger partial charge in [0.05, 0.1) is 23.2 Å². The Morgan fingerprint density at radius 1 is 1.04 bits per heavy atom. The fourth-order valence-corrected chi connectivity index (χ4v) is 5.19. The molecule has 1 N–H and O–H groups in total. The van der Waals surface area contributed by atoms with E-state index in [0.717, 1.165) is 5.56 Å². The Kier molecular flexibility index (Phi) is 4.09. The zero-order chi connectivity index (χ0) is 17.5. The van der Waals surface area contributed by atoms with Crippen LogP contribution in [0.4, 0.5) is 0 Å². The molecule has 0 unspecified atom stereocenters. The van der Waals surface area contributed by atoms with Gasteiger partial charge in [0.25, 0.3) is 0 Å². The molecule has 0 bridgehead atoms. The van der Waals surface area contributed by atoms with E-state index in [1.165, 1.54) is 19.2 Å². The van der Waals surface area contributed by atoms with Crippen molar-refractivity contribution in [1.82, 2.24) is 0 Å². The number of aryl methyl sites for hydroxylation is 1. The van der Waals surface area contributed by atoms with Gasteiger partial charge in [-0.05, 0) is 36.8 Å². The Labute approximate surface area is 140 Å². The third-order valence-electron chi connectivity index (χ3n) is 4.45. The number of ether oxygens (including phenoxy) is 1. The van der Waals surface area contributed by atoms with Crippen molar-refractivity contribution in [2.24, 2.45) is 5.92 Å². The van der Waals surface area contributed by atoms with E-state index in [9.17, 15) is 18.3 Å². The van der Waals surface area contributed by atoms with E-state index in [4.69, 9.17) is 4.74 Å². The molecule has 1 aliphatic carbocycles. The van der Waals surface area contributed by atoms with E-state index in [0.29, 0.717) is 11.3 Å². The van der Waals surface area contributed by atoms with Crippen LogP contribution in [0.3, 0.4) is 0 Å². The highest BCUT2D eigenvalue weighted by Crippen LogP contribution is 2.54. The Morgan fingerprint density at radius 2 is 1.62 bits per heavy atom. The highest BCUT2D eigenvalue weighted by molar-refractivity contribution is 7.92. The molecule has 3 rings (SSSR count). The lowest BCUT2D eigenvalue weighted by Gasteiger charge is -2.05. The largest absolute Gasteiger partial charge is 0.497 e. The lowest BCUT2D eigenvalue weighted by Crippen LogP contribution is -2.13. The Hall–Kier alpha value is -2.34. The normalized spacial score (nSPS) is 22.8. The molecule has 1 aliphatic rings. The molecule has 5 nitrogen and oxygen atoms in total. The number of sulfone groups is 1. The number of hydrogen-bond acceptors (Lipinski definition) is 4. The van der Waals surface area contributed by atoms with Crippen molar-refractivity contribution < 1.29 is 23.1 Å². The van der Waals surface area contributed by atoms with E-state index in [1.54, 1.807) is 36.4 Å². The lowest BCUT2D eigenvalue weighted by molar-refractivity contribution is -0.138. The van der Waals surface area contributed by atoms with Crippen LogP contribution in [-0.2, 0) is 14.6 Å². The summed E-state index contributed by atoms with van der Waals surface area (Å²) in [5.74, 6) is -1.91. The fraction of sp³-hybridized carbons (Fsp3) is 0.278. The monoisotopic (exact) mass is 346 g/mol. The van der Waals surface area contributed by atoms with Crippen LogP contribution >= 0.6 is 0 Å². The van der Waals surface area contributed by atoms with Crippen LogP contribution in [-0.4, -0.2) is 31.9 Å². The number of hydrogen-bond donors (Lipinski definition) is 1. The summed E-state index contributed by atoms with van der Waals surface area (Å²) in [7, 11) is -2.16. The molecule has 2 aromatic rings. The van der Waals surface area contributed by atoms with Gasteiger partial charge >= 0.3 is 5.97 Å². The van der Waals surface area contributed by atoms with Gasteiger partial charge in [0.2, 0.25) is 0 Å². The number of carbonyl (C=O) groups is 1. The quantitative estimate of drug-likeness (QED) is 0.900. The summed E-state index contributed by atoms with van der Waals surface area (Å²) in [6.45, 7) is 1.87. The Morgan fingerprint density at radius 3 is 2.12 bits per heavy atom. The van der Waals surface area contributed by atoms with Crippen molar-refractivity contribution in [3.05, 3.63) is 59.7 Å². The van der Waals surface area contributed by atoms with E-state index in [1.807, 2.05) is 6.92 Å². The first-order valence-electron chi connectivity index (χ1n) is 7.53. The van der Waals surface area contributed by atoms with Crippen LogP contribution < -0.4 is 4.74 Å². The van der Waals surface area contributed by atoms with Crippen LogP contribution in [0.25, 0.3) is 0 Å². The maximum Gasteiger partial charge on any atom is 0.308 e. The van der Waals surface area contributed by atoms with Gasteiger partial charge in [0.1, 0.15) is 5.75 Å². The van der Waals surface area contributed by atoms with E-state index in [-0.39, 0.29) is 4.90 Å². The van der Waals surface area contributed by atoms with Gasteiger partial charge in [0, 0.05) is 5.92 Å². The first kappa shape index (κ1) is 16.5. The third-order valence-corrected chi connectivity index (χ3v) is 6.68. The minimum Gasteiger partial charge on any atom is -0.497 e. The number of aliphatic carboxylic acids is 1. The predicted molar refractivity (Wildman–Crippen MR) is 89.0 cm³/mol. The molecule has 126 valence electrons. The van der Waals surface area contributed by atoms with Crippen molar-refractivity contribution in [1.29, 1.82) is 0 Å². The van der Waals surface area contributed by atoms with Crippen molar-refractivity contribution in [3.8, 4) is 5.75 Å². The minimum absolute atomic E-state index is 0.167. The molecule has 0 saturated heterocycles. The average Bonchev–Trinajstić information content (AvgIpc) is 3.32. The molecule has 24 heavy (non-hydrogen) atoms. The summed E-state index contributed by atoms with van der Waals surface area (Å²) in [6.07, 6.45) is 0. The maximum atomic E-state index is 12.8. The Bertz CT molecular complexity index is 853. The molecule has 6 heteroatoms. The molecule has 0 aromatic heterocycles. The zero-order valence-corrected chi connectivity index (χ0v) is 14.2. The van der Waals surface area contributed by atoms with E-state index >= 15 is 0 Å². The van der Waals surface area contributed by atoms with Crippen LogP contribution in [0.5, 0.6) is 5.75 Å². The first-order valence-corrected chi connectivity index (χ1v) is 9.08. The highest BCUT2D eigenvalue weighted by atomic mass is 32.2. The molecular formula is C18H18O5S. The minimum atomic E-state index is -3.70. The van der Waals surface area contributed by atoms with Crippen LogP contribution in [0, 0.1) is 12.8 Å². The topological polar surface area (TPSA) is 80.7 Å². The molecule has 0 spiro atoms. The van der Waals surface area contributed by atoms with Crippen LogP contribution in [0.15, 0.2) is 53.4 Å². The fourth-order valence-electron chi connectivity index (χ4n) is 3.07. The van der Waals surface area contributed by atoms with Crippen molar-refractivity contribution in [2.75, 3.05) is 7.11 Å². The molecule has 3 atom stereocenters. The van der Waals surface area contributed by atoms with Gasteiger partial charge in [0.15, 0.2) is 9.84 Å². The standard InChI is InChI=1S/C18H18O5S/c1-11-3-9-14(10-4-11)24(21,22)17-15(16(17)18(19)20)12-5-7-13(23-2)8-6-12/h3-10,15-17H,1-2H3,(H,19,20)/t15-,16-,17+/m1/s1. The van der Waals surface area contributed by atoms with Gasteiger partial charge < -0.3 is 9.84 Å². The van der Waals surface area contributed by atoms with Gasteiger partial charge in [-0.15, -0.1) is 0 Å². The Balaban J connectivity index is 1.96. The van der Waals surface area contributed by atoms with Crippen molar-refractivity contribution in [2.45, 2.75) is 23.0 Å². The number of benzene rings is 2. The lowest BCUT2D eigenvalue weighted by atomic mass is 10.1. The van der Waals surface area contributed by atoms with Crippen LogP contribution in [0.1, 0.15) is 17.0 Å². The second-order valence-electron chi connectivity index (χ2n) is 5.99. The molecule has 1 saturated carbocycles. The molecule has 0 radical (unpaired) electrons. The summed E-state index contributed by atoms with van der Waals surface area (Å²) in [4.78, 5) is 11.7. The third kappa shape index (κ3) is 2.78. The summed E-state index contributed by atoms with van der Waals surface area (Å²) in [6, 6.07) is 13.4. The number of carboxylic acid groups (broad SMARTS) is 1. The van der Waals surface area contributed by atoms with Crippen molar-refractivity contribution >= 4 is 15.8 Å². The molecule has 1 fully saturated rings. The number of rotatable bonds is 5. The highest BCUT2D eigenvalue weighted by Gasteiger charge is 2.63. The van der Waals surface area contributed by atoms with Gasteiger partial charge in [-0.2, -0.15) is 0 Å². The van der Waals surface area contributed by atoms with Crippen LogP contribution in [0.2, 0.25) is 0 Å². The second kappa shape index (κ2) is 5.94. The second-order valence-corrected chi connectivity index (χ2v) is 8.09. The molecule has 0 amide bonds. The number of methoxy groups -OCH3 is 1. The summed E-state index contributed by atoms with van der Waals surface area (Å²) in [5, 5.41) is 8.48. The first-order chi connectivity index (χ1) is 11.4. The summed E-state index contributed by atoms with van der Waals surface area (Å²) < 4.78 is 30.8. The maximum absolute atomic E-state index is 12.8. The molecule has 0 aliphatic heterocycles.